The van der Waals surface area contributed by atoms with E-state index in [0.717, 1.165) is 42.5 Å². The molecule has 2 aliphatic rings. The third-order valence-corrected chi connectivity index (χ3v) is 7.81. The quantitative estimate of drug-likeness (QED) is 0.392. The van der Waals surface area contributed by atoms with Crippen molar-refractivity contribution in [1.29, 1.82) is 0 Å². The highest BCUT2D eigenvalue weighted by Gasteiger charge is 2.27. The van der Waals surface area contributed by atoms with Crippen LogP contribution in [0.4, 0.5) is 0 Å². The van der Waals surface area contributed by atoms with Crippen LogP contribution in [0.3, 0.4) is 0 Å². The fourth-order valence-corrected chi connectivity index (χ4v) is 5.47. The lowest BCUT2D eigenvalue weighted by atomic mass is 9.81. The molecule has 2 saturated heterocycles. The van der Waals surface area contributed by atoms with Crippen LogP contribution in [-0.4, -0.2) is 53.7 Å². The number of ether oxygens (including phenoxy) is 3. The Morgan fingerprint density at radius 2 is 1.83 bits per heavy atom. The Balaban J connectivity index is 1.34. The van der Waals surface area contributed by atoms with E-state index in [-0.39, 0.29) is 42.2 Å². The maximum absolute atomic E-state index is 13.3. The van der Waals surface area contributed by atoms with Gasteiger partial charge in [-0.2, -0.15) is 0 Å². The molecule has 0 radical (unpaired) electrons. The van der Waals surface area contributed by atoms with Gasteiger partial charge >= 0.3 is 5.97 Å². The van der Waals surface area contributed by atoms with E-state index in [4.69, 9.17) is 14.2 Å². The fraction of sp³-hybridized carbons (Fsp3) is 0.556. The van der Waals surface area contributed by atoms with Crippen LogP contribution in [0.15, 0.2) is 30.5 Å². The van der Waals surface area contributed by atoms with Crippen molar-refractivity contribution in [2.75, 3.05) is 19.8 Å². The summed E-state index contributed by atoms with van der Waals surface area (Å²) in [6, 6.07) is 6.50. The summed E-state index contributed by atoms with van der Waals surface area (Å²) in [6.45, 7) is 2.44. The van der Waals surface area contributed by atoms with Gasteiger partial charge in [-0.1, -0.05) is 12.1 Å². The third-order valence-electron chi connectivity index (χ3n) is 6.80. The number of aromatic nitrogens is 1. The highest BCUT2D eigenvalue weighted by atomic mass is 32.1. The van der Waals surface area contributed by atoms with Gasteiger partial charge in [0.1, 0.15) is 5.78 Å². The Morgan fingerprint density at radius 3 is 2.53 bits per heavy atom. The van der Waals surface area contributed by atoms with Crippen LogP contribution in [0.25, 0.3) is 0 Å². The molecule has 2 aliphatic heterocycles. The molecule has 194 valence electrons. The van der Waals surface area contributed by atoms with Crippen molar-refractivity contribution in [2.45, 2.75) is 70.2 Å². The largest absolute Gasteiger partial charge is 0.478 e. The van der Waals surface area contributed by atoms with E-state index in [1.807, 2.05) is 0 Å². The molecule has 2 fully saturated rings. The lowest BCUT2D eigenvalue weighted by Crippen LogP contribution is -2.22. The van der Waals surface area contributed by atoms with E-state index in [1.54, 1.807) is 18.3 Å². The monoisotopic (exact) mass is 515 g/mol. The van der Waals surface area contributed by atoms with Gasteiger partial charge in [-0.25, -0.2) is 9.78 Å². The molecule has 8 nitrogen and oxygen atoms in total. The number of hydrogen-bond donors (Lipinski definition) is 1. The summed E-state index contributed by atoms with van der Waals surface area (Å²) in [6.07, 6.45) is 7.15. The summed E-state index contributed by atoms with van der Waals surface area (Å²) in [5, 5.41) is 9.59. The Labute approximate surface area is 215 Å². The number of rotatable bonds is 12. The first kappa shape index (κ1) is 26.6. The first-order valence-electron chi connectivity index (χ1n) is 12.6. The second-order valence-electron chi connectivity index (χ2n) is 9.40. The van der Waals surface area contributed by atoms with Crippen LogP contribution in [-0.2, 0) is 25.6 Å². The lowest BCUT2D eigenvalue weighted by molar-refractivity contribution is -0.168. The summed E-state index contributed by atoms with van der Waals surface area (Å²) < 4.78 is 16.8. The molecule has 9 heteroatoms. The van der Waals surface area contributed by atoms with E-state index in [2.05, 4.69) is 4.98 Å². The second-order valence-corrected chi connectivity index (χ2v) is 10.5. The van der Waals surface area contributed by atoms with Crippen LogP contribution in [0, 0.1) is 5.92 Å². The van der Waals surface area contributed by atoms with Crippen LogP contribution in [0.1, 0.15) is 87.9 Å². The summed E-state index contributed by atoms with van der Waals surface area (Å²) >= 11 is 1.30. The van der Waals surface area contributed by atoms with Gasteiger partial charge in [0.15, 0.2) is 17.1 Å². The molecule has 1 N–H and O–H groups in total. The van der Waals surface area contributed by atoms with E-state index >= 15 is 0 Å². The third kappa shape index (κ3) is 7.52. The zero-order valence-electron chi connectivity index (χ0n) is 20.4. The minimum absolute atomic E-state index is 0.00697. The summed E-state index contributed by atoms with van der Waals surface area (Å²) in [4.78, 5) is 42.4. The molecule has 1 aromatic heterocycles. The summed E-state index contributed by atoms with van der Waals surface area (Å²) in [5.41, 5.74) is 0.979. The van der Waals surface area contributed by atoms with E-state index in [0.29, 0.717) is 43.8 Å². The number of nitrogens with zero attached hydrogens (tertiary/aromatic N) is 1. The van der Waals surface area contributed by atoms with Crippen molar-refractivity contribution in [2.24, 2.45) is 5.92 Å². The molecule has 0 aliphatic carbocycles. The molecule has 4 rings (SSSR count). The number of ketones is 2. The molecule has 3 heterocycles. The second kappa shape index (κ2) is 13.2. The van der Waals surface area contributed by atoms with Gasteiger partial charge in [0.05, 0.1) is 17.0 Å². The maximum atomic E-state index is 13.3. The van der Waals surface area contributed by atoms with Crippen LogP contribution < -0.4 is 0 Å². The molecule has 2 unspecified atom stereocenters. The molecule has 2 aromatic rings. The standard InChI is InChI=1S/C27H33NO7S/c29-23(8-9-24(30)26-28-16-21(36-26)17-35-25-3-1-2-12-34-25)22(15-18-10-13-33-14-11-18)19-4-6-20(7-5-19)27(31)32/h4-7,16,18,22,25H,1-3,8-15,17H2,(H,31,32). The number of Topliss-reactive ketones (excluding diaryl/α,β-unsaturated/α-hetero) is 2. The molecule has 0 bridgehead atoms. The average Bonchev–Trinajstić information content (AvgIpc) is 3.39. The Bertz CT molecular complexity index is 1020. The Morgan fingerprint density at radius 1 is 1.06 bits per heavy atom. The van der Waals surface area contributed by atoms with Crippen LogP contribution >= 0.6 is 11.3 Å². The Hall–Kier alpha value is -2.46. The van der Waals surface area contributed by atoms with E-state index < -0.39 is 5.97 Å². The molecule has 1 aromatic carbocycles. The van der Waals surface area contributed by atoms with Crippen molar-refractivity contribution < 1.29 is 33.7 Å². The van der Waals surface area contributed by atoms with Gasteiger partial charge < -0.3 is 19.3 Å². The first-order valence-corrected chi connectivity index (χ1v) is 13.5. The van der Waals surface area contributed by atoms with Gasteiger partial charge in [-0.3, -0.25) is 9.59 Å². The first-order chi connectivity index (χ1) is 17.5. The van der Waals surface area contributed by atoms with Crippen LogP contribution in [0.2, 0.25) is 0 Å². The highest BCUT2D eigenvalue weighted by molar-refractivity contribution is 7.13. The molecule has 0 amide bonds. The number of benzene rings is 1. The van der Waals surface area contributed by atoms with Crippen molar-refractivity contribution in [1.82, 2.24) is 4.98 Å². The van der Waals surface area contributed by atoms with Gasteiger partial charge in [-0.05, 0) is 62.1 Å². The predicted molar refractivity (Wildman–Crippen MR) is 133 cm³/mol. The van der Waals surface area contributed by atoms with Gasteiger partial charge in [0.2, 0.25) is 0 Å². The molecule has 2 atom stereocenters. The smallest absolute Gasteiger partial charge is 0.335 e. The van der Waals surface area contributed by atoms with Crippen LogP contribution in [0.5, 0.6) is 0 Å². The Kier molecular flexibility index (Phi) is 9.75. The van der Waals surface area contributed by atoms with E-state index in [9.17, 15) is 19.5 Å². The molecule has 0 saturated carbocycles. The number of thiazole rings is 1. The fourth-order valence-electron chi connectivity index (χ4n) is 4.67. The zero-order chi connectivity index (χ0) is 25.3. The normalized spacial score (nSPS) is 19.6. The number of carboxylic acid groups (broad SMARTS) is 1. The number of hydrogen-bond acceptors (Lipinski definition) is 8. The minimum Gasteiger partial charge on any atom is -0.478 e. The summed E-state index contributed by atoms with van der Waals surface area (Å²) in [5.74, 6) is -1.18. The maximum Gasteiger partial charge on any atom is 0.335 e. The van der Waals surface area contributed by atoms with Crippen molar-refractivity contribution in [3.63, 3.8) is 0 Å². The number of aromatic carboxylic acids is 1. The molecular formula is C27H33NO7S. The van der Waals surface area contributed by atoms with Crippen molar-refractivity contribution in [3.05, 3.63) is 51.5 Å². The van der Waals surface area contributed by atoms with Gasteiger partial charge in [-0.15, -0.1) is 11.3 Å². The van der Waals surface area contributed by atoms with Gasteiger partial charge in [0.25, 0.3) is 0 Å². The number of carboxylic acids is 1. The lowest BCUT2D eigenvalue weighted by Gasteiger charge is -2.26. The number of carbonyl (C=O) groups is 3. The number of carbonyl (C=O) groups excluding carboxylic acids is 2. The summed E-state index contributed by atoms with van der Waals surface area (Å²) in [7, 11) is 0. The average molecular weight is 516 g/mol. The SMILES string of the molecule is O=C(O)c1ccc(C(CC2CCOCC2)C(=O)CCC(=O)c2ncc(COC3CCCCO3)s2)cc1. The molecule has 36 heavy (non-hydrogen) atoms. The zero-order valence-corrected chi connectivity index (χ0v) is 21.2. The molecule has 0 spiro atoms. The van der Waals surface area contributed by atoms with Crippen molar-refractivity contribution >= 4 is 28.9 Å². The molecular weight excluding hydrogens is 482 g/mol. The van der Waals surface area contributed by atoms with Crippen molar-refractivity contribution in [3.8, 4) is 0 Å². The minimum atomic E-state index is -1.00. The predicted octanol–water partition coefficient (Wildman–Crippen LogP) is 5.02. The van der Waals surface area contributed by atoms with E-state index in [1.165, 1.54) is 23.5 Å². The van der Waals surface area contributed by atoms with Gasteiger partial charge in [0, 0.05) is 44.8 Å². The highest BCUT2D eigenvalue weighted by Crippen LogP contribution is 2.32. The topological polar surface area (TPSA) is 112 Å².